The minimum atomic E-state index is -0.179. The molecule has 0 fully saturated rings. The van der Waals surface area contributed by atoms with Gasteiger partial charge in [0.2, 0.25) is 0 Å². The van der Waals surface area contributed by atoms with E-state index in [-0.39, 0.29) is 5.91 Å². The zero-order valence-corrected chi connectivity index (χ0v) is 15.0. The fourth-order valence-corrected chi connectivity index (χ4v) is 3.67. The number of carbonyl (C=O) groups excluding carboxylic acids is 1. The van der Waals surface area contributed by atoms with Crippen LogP contribution in [-0.4, -0.2) is 10.9 Å². The second kappa shape index (κ2) is 6.61. The van der Waals surface area contributed by atoms with E-state index in [1.54, 1.807) is 0 Å². The Morgan fingerprint density at radius 2 is 2.04 bits per heavy atom. The third-order valence-corrected chi connectivity index (χ3v) is 5.33. The van der Waals surface area contributed by atoms with E-state index >= 15 is 0 Å². The molecule has 0 aliphatic carbocycles. The summed E-state index contributed by atoms with van der Waals surface area (Å²) in [6, 6.07) is 9.82. The molecule has 5 heteroatoms. The van der Waals surface area contributed by atoms with E-state index in [1.165, 1.54) is 11.3 Å². The zero-order chi connectivity index (χ0) is 17.3. The lowest BCUT2D eigenvalue weighted by molar-refractivity contribution is 0.103. The van der Waals surface area contributed by atoms with Crippen molar-refractivity contribution in [3.8, 4) is 0 Å². The van der Waals surface area contributed by atoms with Crippen LogP contribution in [-0.2, 0) is 6.42 Å². The summed E-state index contributed by atoms with van der Waals surface area (Å²) in [6.07, 6.45) is 1.97. The lowest BCUT2D eigenvalue weighted by Crippen LogP contribution is -2.13. The molecule has 4 nitrogen and oxygen atoms in total. The minimum Gasteiger partial charge on any atom is -0.397 e. The molecule has 0 aliphatic heterocycles. The molecule has 0 atom stereocenters. The van der Waals surface area contributed by atoms with Crippen LogP contribution >= 0.6 is 11.3 Å². The van der Waals surface area contributed by atoms with Gasteiger partial charge in [-0.1, -0.05) is 25.5 Å². The maximum atomic E-state index is 12.7. The highest BCUT2D eigenvalue weighted by Gasteiger charge is 2.18. The summed E-state index contributed by atoms with van der Waals surface area (Å²) >= 11 is 1.35. The van der Waals surface area contributed by atoms with Gasteiger partial charge in [0.1, 0.15) is 9.71 Å². The number of nitrogens with two attached hydrogens (primary N) is 1. The van der Waals surface area contributed by atoms with Crippen molar-refractivity contribution in [1.82, 2.24) is 4.98 Å². The van der Waals surface area contributed by atoms with Gasteiger partial charge in [0.25, 0.3) is 5.91 Å². The van der Waals surface area contributed by atoms with Crippen LogP contribution < -0.4 is 11.1 Å². The third kappa shape index (κ3) is 2.99. The molecule has 3 N–H and O–H groups in total. The molecular formula is C19H21N3OS. The fourth-order valence-electron chi connectivity index (χ4n) is 2.67. The number of amides is 1. The van der Waals surface area contributed by atoms with Gasteiger partial charge in [0.15, 0.2) is 0 Å². The molecule has 1 aromatic carbocycles. The molecule has 124 valence electrons. The zero-order valence-electron chi connectivity index (χ0n) is 14.1. The van der Waals surface area contributed by atoms with Crippen molar-refractivity contribution < 1.29 is 4.79 Å². The molecule has 3 rings (SSSR count). The van der Waals surface area contributed by atoms with Crippen molar-refractivity contribution in [1.29, 1.82) is 0 Å². The van der Waals surface area contributed by atoms with Gasteiger partial charge < -0.3 is 11.1 Å². The number of benzene rings is 1. The van der Waals surface area contributed by atoms with Gasteiger partial charge in [0, 0.05) is 16.8 Å². The fraction of sp³-hybridized carbons (Fsp3) is 0.263. The van der Waals surface area contributed by atoms with Gasteiger partial charge >= 0.3 is 0 Å². The first kappa shape index (κ1) is 16.5. The number of thiophene rings is 1. The van der Waals surface area contributed by atoms with Crippen molar-refractivity contribution in [3.63, 3.8) is 0 Å². The molecule has 0 radical (unpaired) electrons. The topological polar surface area (TPSA) is 68.0 Å². The Morgan fingerprint density at radius 1 is 1.25 bits per heavy atom. The standard InChI is InChI=1S/C19H21N3OS/c1-4-6-13-9-10-14-16(20)17(24-19(14)21-13)18(23)22-15-8-5-7-11(2)12(15)3/h5,7-10H,4,6,20H2,1-3H3,(H,22,23). The van der Waals surface area contributed by atoms with Gasteiger partial charge in [0.05, 0.1) is 5.69 Å². The van der Waals surface area contributed by atoms with E-state index in [1.807, 2.05) is 44.2 Å². The molecule has 24 heavy (non-hydrogen) atoms. The number of hydrogen-bond acceptors (Lipinski definition) is 4. The average Bonchev–Trinajstić information content (AvgIpc) is 2.89. The smallest absolute Gasteiger partial charge is 0.267 e. The molecule has 0 saturated heterocycles. The van der Waals surface area contributed by atoms with E-state index in [0.29, 0.717) is 10.6 Å². The first-order chi connectivity index (χ1) is 11.5. The third-order valence-electron chi connectivity index (χ3n) is 4.22. The second-order valence-electron chi connectivity index (χ2n) is 5.95. The van der Waals surface area contributed by atoms with Crippen LogP contribution in [0.4, 0.5) is 11.4 Å². The highest BCUT2D eigenvalue weighted by atomic mass is 32.1. The van der Waals surface area contributed by atoms with Crippen LogP contribution in [0.3, 0.4) is 0 Å². The van der Waals surface area contributed by atoms with E-state index in [2.05, 4.69) is 17.2 Å². The highest BCUT2D eigenvalue weighted by Crippen LogP contribution is 2.33. The minimum absolute atomic E-state index is 0.179. The monoisotopic (exact) mass is 339 g/mol. The van der Waals surface area contributed by atoms with Crippen LogP contribution in [0.2, 0.25) is 0 Å². The molecule has 0 bridgehead atoms. The predicted molar refractivity (Wildman–Crippen MR) is 102 cm³/mol. The summed E-state index contributed by atoms with van der Waals surface area (Å²) in [7, 11) is 0. The van der Waals surface area contributed by atoms with E-state index < -0.39 is 0 Å². The number of nitrogens with zero attached hydrogens (tertiary/aromatic N) is 1. The maximum Gasteiger partial charge on any atom is 0.267 e. The number of aromatic nitrogens is 1. The lowest BCUT2D eigenvalue weighted by atomic mass is 10.1. The molecule has 1 amide bonds. The van der Waals surface area contributed by atoms with Gasteiger partial charge in [-0.15, -0.1) is 11.3 Å². The lowest BCUT2D eigenvalue weighted by Gasteiger charge is -2.09. The molecule has 2 heterocycles. The van der Waals surface area contributed by atoms with Crippen molar-refractivity contribution >= 4 is 38.8 Å². The van der Waals surface area contributed by atoms with Crippen molar-refractivity contribution in [3.05, 3.63) is 52.0 Å². The number of aryl methyl sites for hydroxylation is 2. The first-order valence-corrected chi connectivity index (χ1v) is 8.88. The normalized spacial score (nSPS) is 11.0. The number of nitrogen functional groups attached to an aromatic ring is 1. The van der Waals surface area contributed by atoms with Crippen LogP contribution in [0, 0.1) is 13.8 Å². The molecule has 0 saturated carbocycles. The summed E-state index contributed by atoms with van der Waals surface area (Å²) < 4.78 is 0. The quantitative estimate of drug-likeness (QED) is 0.724. The summed E-state index contributed by atoms with van der Waals surface area (Å²) in [4.78, 5) is 18.6. The molecule has 0 unspecified atom stereocenters. The van der Waals surface area contributed by atoms with Gasteiger partial charge in [-0.2, -0.15) is 0 Å². The van der Waals surface area contributed by atoms with Gasteiger partial charge in [-0.05, 0) is 49.6 Å². The number of anilines is 2. The molecule has 0 spiro atoms. The van der Waals surface area contributed by atoms with Crippen molar-refractivity contribution in [2.24, 2.45) is 0 Å². The average molecular weight is 339 g/mol. The van der Waals surface area contributed by atoms with Crippen molar-refractivity contribution in [2.75, 3.05) is 11.1 Å². The Hall–Kier alpha value is -2.40. The van der Waals surface area contributed by atoms with E-state index in [4.69, 9.17) is 5.73 Å². The number of hydrogen-bond donors (Lipinski definition) is 2. The number of fused-ring (bicyclic) bond motifs is 1. The summed E-state index contributed by atoms with van der Waals surface area (Å²) in [5.41, 5.74) is 10.8. The van der Waals surface area contributed by atoms with E-state index in [9.17, 15) is 4.79 Å². The molecule has 2 aromatic heterocycles. The molecule has 3 aromatic rings. The molecule has 0 aliphatic rings. The summed E-state index contributed by atoms with van der Waals surface area (Å²) in [5, 5.41) is 3.83. The summed E-state index contributed by atoms with van der Waals surface area (Å²) in [5.74, 6) is -0.179. The Labute approximate surface area is 145 Å². The Balaban J connectivity index is 1.95. The van der Waals surface area contributed by atoms with Crippen LogP contribution in [0.25, 0.3) is 10.2 Å². The van der Waals surface area contributed by atoms with E-state index in [0.717, 1.165) is 45.6 Å². The van der Waals surface area contributed by atoms with Crippen LogP contribution in [0.1, 0.15) is 39.8 Å². The highest BCUT2D eigenvalue weighted by molar-refractivity contribution is 7.21. The van der Waals surface area contributed by atoms with Crippen molar-refractivity contribution in [2.45, 2.75) is 33.6 Å². The van der Waals surface area contributed by atoms with Gasteiger partial charge in [-0.3, -0.25) is 4.79 Å². The van der Waals surface area contributed by atoms with Crippen LogP contribution in [0.15, 0.2) is 30.3 Å². The maximum absolute atomic E-state index is 12.7. The predicted octanol–water partition coefficient (Wildman–Crippen LogP) is 4.70. The summed E-state index contributed by atoms with van der Waals surface area (Å²) in [6.45, 7) is 6.15. The second-order valence-corrected chi connectivity index (χ2v) is 6.95. The Morgan fingerprint density at radius 3 is 2.79 bits per heavy atom. The number of pyridine rings is 1. The Kier molecular flexibility index (Phi) is 4.53. The number of nitrogens with one attached hydrogen (secondary N) is 1. The number of carbonyl (C=O) groups is 1. The van der Waals surface area contributed by atoms with Crippen LogP contribution in [0.5, 0.6) is 0 Å². The largest absolute Gasteiger partial charge is 0.397 e. The Bertz CT molecular complexity index is 914. The number of rotatable bonds is 4. The molecular weight excluding hydrogens is 318 g/mol. The van der Waals surface area contributed by atoms with Gasteiger partial charge in [-0.25, -0.2) is 4.98 Å². The SMILES string of the molecule is CCCc1ccc2c(N)c(C(=O)Nc3cccc(C)c3C)sc2n1. The first-order valence-electron chi connectivity index (χ1n) is 8.06.